The zero-order valence-corrected chi connectivity index (χ0v) is 12.9. The quantitative estimate of drug-likeness (QED) is 0.881. The number of pyridine rings is 1. The Hall–Kier alpha value is -1.26. The fourth-order valence-corrected chi connectivity index (χ4v) is 3.26. The second-order valence-corrected chi connectivity index (χ2v) is 6.96. The third kappa shape index (κ3) is 3.44. The third-order valence-electron chi connectivity index (χ3n) is 3.44. The molecule has 0 saturated heterocycles. The summed E-state index contributed by atoms with van der Waals surface area (Å²) in [7, 11) is 0. The second-order valence-electron chi connectivity index (χ2n) is 5.88. The van der Waals surface area contributed by atoms with E-state index in [1.165, 1.54) is 29.0 Å². The summed E-state index contributed by atoms with van der Waals surface area (Å²) >= 11 is 1.82. The molecule has 1 N–H and O–H groups in total. The predicted molar refractivity (Wildman–Crippen MR) is 83.7 cm³/mol. The Kier molecular flexibility index (Phi) is 4.13. The van der Waals surface area contributed by atoms with Crippen LogP contribution in [0.15, 0.2) is 24.5 Å². The van der Waals surface area contributed by atoms with E-state index in [0.717, 1.165) is 24.0 Å². The molecule has 0 aliphatic heterocycles. The maximum Gasteiger partial charge on any atom is 0.124 e. The molecule has 1 fully saturated rings. The maximum atomic E-state index is 4.87. The van der Waals surface area contributed by atoms with Crippen LogP contribution in [0.1, 0.15) is 37.3 Å². The zero-order chi connectivity index (χ0) is 13.9. The van der Waals surface area contributed by atoms with E-state index in [0.29, 0.717) is 5.92 Å². The van der Waals surface area contributed by atoms with Crippen molar-refractivity contribution in [1.29, 1.82) is 0 Å². The normalized spacial score (nSPS) is 14.9. The molecule has 106 valence electrons. The first-order chi connectivity index (χ1) is 9.72. The fourth-order valence-electron chi connectivity index (χ4n) is 2.21. The van der Waals surface area contributed by atoms with Crippen molar-refractivity contribution in [3.63, 3.8) is 0 Å². The SMILES string of the molecule is CC(C)Cc1nc(-c2ccncc2)sc1CNC1CC1. The molecule has 0 bridgehead atoms. The summed E-state index contributed by atoms with van der Waals surface area (Å²) in [5.74, 6) is 0.641. The van der Waals surface area contributed by atoms with Crippen molar-refractivity contribution in [3.05, 3.63) is 35.1 Å². The molecule has 3 nitrogen and oxygen atoms in total. The van der Waals surface area contributed by atoms with Crippen LogP contribution >= 0.6 is 11.3 Å². The van der Waals surface area contributed by atoms with Gasteiger partial charge in [0.15, 0.2) is 0 Å². The van der Waals surface area contributed by atoms with E-state index in [9.17, 15) is 0 Å². The van der Waals surface area contributed by atoms with Crippen LogP contribution in [-0.4, -0.2) is 16.0 Å². The molecule has 0 radical (unpaired) electrons. The van der Waals surface area contributed by atoms with Crippen LogP contribution in [0.25, 0.3) is 10.6 Å². The molecular weight excluding hydrogens is 266 g/mol. The van der Waals surface area contributed by atoms with Crippen molar-refractivity contribution in [2.75, 3.05) is 0 Å². The van der Waals surface area contributed by atoms with E-state index in [4.69, 9.17) is 4.98 Å². The monoisotopic (exact) mass is 287 g/mol. The molecule has 0 amide bonds. The summed E-state index contributed by atoms with van der Waals surface area (Å²) < 4.78 is 0. The van der Waals surface area contributed by atoms with Crippen molar-refractivity contribution in [3.8, 4) is 10.6 Å². The van der Waals surface area contributed by atoms with Crippen LogP contribution in [0.4, 0.5) is 0 Å². The Morgan fingerprint density at radius 2 is 2.05 bits per heavy atom. The highest BCUT2D eigenvalue weighted by Crippen LogP contribution is 2.30. The van der Waals surface area contributed by atoms with Crippen LogP contribution in [0.5, 0.6) is 0 Å². The number of hydrogen-bond acceptors (Lipinski definition) is 4. The van der Waals surface area contributed by atoms with Gasteiger partial charge in [0, 0.05) is 35.4 Å². The topological polar surface area (TPSA) is 37.8 Å². The summed E-state index contributed by atoms with van der Waals surface area (Å²) in [6.45, 7) is 5.47. The van der Waals surface area contributed by atoms with Crippen molar-refractivity contribution in [2.45, 2.75) is 45.7 Å². The Bertz CT molecular complexity index is 558. The molecule has 0 spiro atoms. The van der Waals surface area contributed by atoms with Crippen LogP contribution in [0.3, 0.4) is 0 Å². The Labute approximate surface area is 124 Å². The standard InChI is InChI=1S/C16H21N3S/c1-11(2)9-14-15(10-18-13-3-4-13)20-16(19-14)12-5-7-17-8-6-12/h5-8,11,13,18H,3-4,9-10H2,1-2H3. The predicted octanol–water partition coefficient (Wildman–Crippen LogP) is 3.66. The van der Waals surface area contributed by atoms with Gasteiger partial charge in [0.25, 0.3) is 0 Å². The zero-order valence-electron chi connectivity index (χ0n) is 12.1. The highest BCUT2D eigenvalue weighted by molar-refractivity contribution is 7.15. The van der Waals surface area contributed by atoms with Gasteiger partial charge in [0.1, 0.15) is 5.01 Å². The van der Waals surface area contributed by atoms with Crippen LogP contribution in [0.2, 0.25) is 0 Å². The van der Waals surface area contributed by atoms with Gasteiger partial charge in [-0.3, -0.25) is 4.98 Å². The lowest BCUT2D eigenvalue weighted by Crippen LogP contribution is -2.15. The summed E-state index contributed by atoms with van der Waals surface area (Å²) in [5, 5.41) is 4.73. The van der Waals surface area contributed by atoms with Gasteiger partial charge in [-0.1, -0.05) is 13.8 Å². The van der Waals surface area contributed by atoms with Crippen molar-refractivity contribution < 1.29 is 0 Å². The molecule has 2 aromatic heterocycles. The third-order valence-corrected chi connectivity index (χ3v) is 4.58. The van der Waals surface area contributed by atoms with Gasteiger partial charge in [0.2, 0.25) is 0 Å². The second kappa shape index (κ2) is 6.02. The first kappa shape index (κ1) is 13.7. The van der Waals surface area contributed by atoms with E-state index < -0.39 is 0 Å². The van der Waals surface area contributed by atoms with E-state index in [1.807, 2.05) is 35.9 Å². The first-order valence-corrected chi connectivity index (χ1v) is 8.16. The number of aromatic nitrogens is 2. The van der Waals surface area contributed by atoms with Crippen LogP contribution < -0.4 is 5.32 Å². The molecule has 4 heteroatoms. The summed E-state index contributed by atoms with van der Waals surface area (Å²) in [6.07, 6.45) is 7.39. The van der Waals surface area contributed by atoms with Gasteiger partial charge in [-0.25, -0.2) is 4.98 Å². The Balaban J connectivity index is 1.83. The van der Waals surface area contributed by atoms with E-state index in [2.05, 4.69) is 24.1 Å². The Morgan fingerprint density at radius 3 is 2.70 bits per heavy atom. The lowest BCUT2D eigenvalue weighted by Gasteiger charge is -2.05. The molecule has 1 aliphatic carbocycles. The molecule has 0 unspecified atom stereocenters. The highest BCUT2D eigenvalue weighted by Gasteiger charge is 2.22. The lowest BCUT2D eigenvalue weighted by molar-refractivity contribution is 0.624. The average Bonchev–Trinajstić information content (AvgIpc) is 3.19. The number of hydrogen-bond donors (Lipinski definition) is 1. The fraction of sp³-hybridized carbons (Fsp3) is 0.500. The number of nitrogens with zero attached hydrogens (tertiary/aromatic N) is 2. The van der Waals surface area contributed by atoms with E-state index in [-0.39, 0.29) is 0 Å². The van der Waals surface area contributed by atoms with E-state index in [1.54, 1.807) is 0 Å². The first-order valence-electron chi connectivity index (χ1n) is 7.34. The van der Waals surface area contributed by atoms with Gasteiger partial charge in [-0.15, -0.1) is 11.3 Å². The summed E-state index contributed by atoms with van der Waals surface area (Å²) in [4.78, 5) is 10.4. The van der Waals surface area contributed by atoms with Crippen LogP contribution in [0, 0.1) is 5.92 Å². The Morgan fingerprint density at radius 1 is 1.30 bits per heavy atom. The van der Waals surface area contributed by atoms with Gasteiger partial charge >= 0.3 is 0 Å². The van der Waals surface area contributed by atoms with Crippen molar-refractivity contribution in [1.82, 2.24) is 15.3 Å². The van der Waals surface area contributed by atoms with E-state index >= 15 is 0 Å². The smallest absolute Gasteiger partial charge is 0.124 e. The van der Waals surface area contributed by atoms with Crippen molar-refractivity contribution in [2.24, 2.45) is 5.92 Å². The number of nitrogens with one attached hydrogen (secondary N) is 1. The minimum Gasteiger partial charge on any atom is -0.309 e. The molecular formula is C16H21N3S. The average molecular weight is 287 g/mol. The van der Waals surface area contributed by atoms with Crippen LogP contribution in [-0.2, 0) is 13.0 Å². The molecule has 1 aliphatic rings. The molecule has 20 heavy (non-hydrogen) atoms. The lowest BCUT2D eigenvalue weighted by atomic mass is 10.1. The molecule has 1 saturated carbocycles. The highest BCUT2D eigenvalue weighted by atomic mass is 32.1. The van der Waals surface area contributed by atoms with Gasteiger partial charge in [-0.2, -0.15) is 0 Å². The molecule has 0 aromatic carbocycles. The summed E-state index contributed by atoms with van der Waals surface area (Å²) in [5.41, 5.74) is 2.44. The molecule has 2 heterocycles. The minimum absolute atomic E-state index is 0.641. The number of thiazole rings is 1. The molecule has 0 atom stereocenters. The maximum absolute atomic E-state index is 4.87. The van der Waals surface area contributed by atoms with Gasteiger partial charge < -0.3 is 5.32 Å². The largest absolute Gasteiger partial charge is 0.309 e. The minimum atomic E-state index is 0.641. The molecule has 2 aromatic rings. The summed E-state index contributed by atoms with van der Waals surface area (Å²) in [6, 6.07) is 4.82. The molecule has 3 rings (SSSR count). The number of rotatable bonds is 6. The van der Waals surface area contributed by atoms with Gasteiger partial charge in [0.05, 0.1) is 5.69 Å². The van der Waals surface area contributed by atoms with Gasteiger partial charge in [-0.05, 0) is 37.3 Å². The van der Waals surface area contributed by atoms with Crippen molar-refractivity contribution >= 4 is 11.3 Å².